The summed E-state index contributed by atoms with van der Waals surface area (Å²) in [6.45, 7) is 1.96. The summed E-state index contributed by atoms with van der Waals surface area (Å²) >= 11 is 0.209. The average molecular weight is 275 g/mol. The predicted octanol–water partition coefficient (Wildman–Crippen LogP) is 2.29. The summed E-state index contributed by atoms with van der Waals surface area (Å²) in [5, 5.41) is 12.5. The quantitative estimate of drug-likeness (QED) is 0.748. The highest BCUT2D eigenvalue weighted by Crippen LogP contribution is 2.29. The molecular weight excluding hydrogens is 257 g/mol. The van der Waals surface area contributed by atoms with E-state index in [0.717, 1.165) is 0 Å². The Balaban J connectivity index is 2.70. The van der Waals surface area contributed by atoms with E-state index in [1.807, 2.05) is 0 Å². The van der Waals surface area contributed by atoms with E-state index in [4.69, 9.17) is 9.47 Å². The molecule has 0 fully saturated rings. The minimum atomic E-state index is -0.723. The van der Waals surface area contributed by atoms with Crippen molar-refractivity contribution >= 4 is 12.1 Å². The molecule has 0 aliphatic carbocycles. The zero-order valence-electron chi connectivity index (χ0n) is 10.6. The van der Waals surface area contributed by atoms with Crippen molar-refractivity contribution in [2.45, 2.75) is 18.4 Å². The number of hydrogen-bond donors (Lipinski definition) is 2. The van der Waals surface area contributed by atoms with E-state index in [-0.39, 0.29) is 24.1 Å². The molecule has 18 heavy (non-hydrogen) atoms. The number of aliphatic hydroxyl groups is 1. The second kappa shape index (κ2) is 7.45. The fourth-order valence-corrected chi connectivity index (χ4v) is 1.65. The molecule has 1 aromatic rings. The van der Waals surface area contributed by atoms with Crippen molar-refractivity contribution in [2.75, 3.05) is 20.8 Å². The molecule has 0 heterocycles. The average Bonchev–Trinajstić information content (AvgIpc) is 2.43. The molecule has 4 nitrogen and oxygen atoms in total. The van der Waals surface area contributed by atoms with Crippen LogP contribution in [0.2, 0.25) is 0 Å². The Kier molecular flexibility index (Phi) is 6.24. The van der Waals surface area contributed by atoms with Gasteiger partial charge in [0.15, 0.2) is 11.5 Å². The Morgan fingerprint density at radius 3 is 2.56 bits per heavy atom. The lowest BCUT2D eigenvalue weighted by Gasteiger charge is -2.16. The van der Waals surface area contributed by atoms with Gasteiger partial charge in [-0.3, -0.25) is 0 Å². The van der Waals surface area contributed by atoms with Crippen LogP contribution in [0.15, 0.2) is 18.2 Å². The molecule has 6 heteroatoms. The van der Waals surface area contributed by atoms with Gasteiger partial charge in [0.05, 0.1) is 37.8 Å². The number of rotatable bonds is 7. The van der Waals surface area contributed by atoms with Crippen molar-refractivity contribution in [2.24, 2.45) is 0 Å². The van der Waals surface area contributed by atoms with Gasteiger partial charge in [-0.1, -0.05) is 6.07 Å². The highest BCUT2D eigenvalue weighted by Gasteiger charge is 2.12. The van der Waals surface area contributed by atoms with Gasteiger partial charge in [0.1, 0.15) is 0 Å². The van der Waals surface area contributed by atoms with Gasteiger partial charge in [-0.05, 0) is 24.6 Å². The molecule has 0 saturated carbocycles. The van der Waals surface area contributed by atoms with Crippen LogP contribution in [-0.2, 0) is 0 Å². The predicted molar refractivity (Wildman–Crippen MR) is 70.7 cm³/mol. The van der Waals surface area contributed by atoms with Crippen LogP contribution in [0.1, 0.15) is 18.6 Å². The first kappa shape index (κ1) is 15.1. The number of hydrogen-bond acceptors (Lipinski definition) is 5. The molecule has 0 bridgehead atoms. The van der Waals surface area contributed by atoms with Crippen LogP contribution < -0.4 is 14.8 Å². The number of nitrogens with one attached hydrogen (secondary N) is 1. The highest BCUT2D eigenvalue weighted by molar-refractivity contribution is 7.94. The first-order chi connectivity index (χ1) is 8.62. The van der Waals surface area contributed by atoms with E-state index in [2.05, 4.69) is 5.32 Å². The van der Waals surface area contributed by atoms with Gasteiger partial charge in [-0.25, -0.2) is 0 Å². The summed E-state index contributed by atoms with van der Waals surface area (Å²) < 4.78 is 22.5. The fraction of sp³-hybridized carbons (Fsp3) is 0.500. The van der Waals surface area contributed by atoms with Crippen molar-refractivity contribution in [3.63, 3.8) is 0 Å². The smallest absolute Gasteiger partial charge is 0.161 e. The van der Waals surface area contributed by atoms with E-state index < -0.39 is 6.10 Å². The molecule has 1 aromatic carbocycles. The highest BCUT2D eigenvalue weighted by atomic mass is 32.2. The summed E-state index contributed by atoms with van der Waals surface area (Å²) in [6.07, 6.45) is -0.723. The van der Waals surface area contributed by atoms with Gasteiger partial charge in [0.25, 0.3) is 0 Å². The van der Waals surface area contributed by atoms with Crippen LogP contribution in [-0.4, -0.2) is 31.2 Å². The molecule has 2 unspecified atom stereocenters. The van der Waals surface area contributed by atoms with Crippen molar-refractivity contribution in [3.05, 3.63) is 23.8 Å². The Labute approximate surface area is 111 Å². The third-order valence-electron chi connectivity index (χ3n) is 2.52. The number of halogens is 1. The normalized spacial score (nSPS) is 14.1. The topological polar surface area (TPSA) is 50.7 Å². The third kappa shape index (κ3) is 4.04. The third-order valence-corrected chi connectivity index (χ3v) is 2.96. The van der Waals surface area contributed by atoms with Crippen molar-refractivity contribution in [1.29, 1.82) is 0 Å². The second-order valence-electron chi connectivity index (χ2n) is 3.77. The van der Waals surface area contributed by atoms with Crippen LogP contribution in [0, 0.1) is 0 Å². The van der Waals surface area contributed by atoms with Gasteiger partial charge in [-0.15, -0.1) is 0 Å². The molecule has 0 amide bonds. The van der Waals surface area contributed by atoms with Crippen LogP contribution in [0.25, 0.3) is 0 Å². The van der Waals surface area contributed by atoms with E-state index in [0.29, 0.717) is 17.1 Å². The maximum absolute atomic E-state index is 12.2. The van der Waals surface area contributed by atoms with E-state index in [9.17, 15) is 8.99 Å². The zero-order chi connectivity index (χ0) is 13.5. The minimum Gasteiger partial charge on any atom is -0.493 e. The van der Waals surface area contributed by atoms with E-state index >= 15 is 0 Å². The number of methoxy groups -OCH3 is 2. The molecule has 2 atom stereocenters. The standard InChI is InChI=1S/C12H18FNO3S/c1-8(18-13)14-7-10(15)9-4-5-11(16-2)12(6-9)17-3/h4-6,8,10,14-15H,7H2,1-3H3. The minimum absolute atomic E-state index is 0.209. The van der Waals surface area contributed by atoms with Crippen LogP contribution >= 0.6 is 12.1 Å². The summed E-state index contributed by atoms with van der Waals surface area (Å²) in [6, 6.07) is 5.18. The lowest BCUT2D eigenvalue weighted by atomic mass is 10.1. The SMILES string of the molecule is COc1ccc(C(O)CNC(C)SF)cc1OC. The van der Waals surface area contributed by atoms with E-state index in [1.165, 1.54) is 7.11 Å². The molecule has 1 rings (SSSR count). The fourth-order valence-electron chi connectivity index (χ4n) is 1.49. The Bertz CT molecular complexity index is 378. The molecule has 102 valence electrons. The van der Waals surface area contributed by atoms with Gasteiger partial charge in [0, 0.05) is 6.54 Å². The van der Waals surface area contributed by atoms with Gasteiger partial charge >= 0.3 is 0 Å². The van der Waals surface area contributed by atoms with Crippen LogP contribution in [0.3, 0.4) is 0 Å². The largest absolute Gasteiger partial charge is 0.493 e. The molecule has 0 aromatic heterocycles. The maximum atomic E-state index is 12.2. The zero-order valence-corrected chi connectivity index (χ0v) is 11.5. The first-order valence-electron chi connectivity index (χ1n) is 5.53. The van der Waals surface area contributed by atoms with Gasteiger partial charge < -0.3 is 19.9 Å². The number of benzene rings is 1. The molecule has 0 aliphatic heterocycles. The maximum Gasteiger partial charge on any atom is 0.161 e. The Hall–Kier alpha value is -0.980. The van der Waals surface area contributed by atoms with Crippen molar-refractivity contribution < 1.29 is 18.5 Å². The summed E-state index contributed by atoms with van der Waals surface area (Å²) in [4.78, 5) is 0. The molecule has 0 aliphatic rings. The lowest BCUT2D eigenvalue weighted by Crippen LogP contribution is -2.27. The first-order valence-corrected chi connectivity index (χ1v) is 6.31. The van der Waals surface area contributed by atoms with Crippen LogP contribution in [0.5, 0.6) is 11.5 Å². The Morgan fingerprint density at radius 2 is 2.00 bits per heavy atom. The summed E-state index contributed by atoms with van der Waals surface area (Å²) in [7, 11) is 3.09. The molecule has 0 spiro atoms. The second-order valence-corrected chi connectivity index (χ2v) is 4.66. The van der Waals surface area contributed by atoms with Crippen LogP contribution in [0.4, 0.5) is 3.89 Å². The lowest BCUT2D eigenvalue weighted by molar-refractivity contribution is 0.174. The van der Waals surface area contributed by atoms with Crippen molar-refractivity contribution in [3.8, 4) is 11.5 Å². The molecule has 0 radical (unpaired) electrons. The molecular formula is C12H18FNO3S. The Morgan fingerprint density at radius 1 is 1.33 bits per heavy atom. The summed E-state index contributed by atoms with van der Waals surface area (Å²) in [5.41, 5.74) is 0.691. The summed E-state index contributed by atoms with van der Waals surface area (Å²) in [5.74, 6) is 1.16. The van der Waals surface area contributed by atoms with Gasteiger partial charge in [-0.2, -0.15) is 3.89 Å². The molecule has 0 saturated heterocycles. The molecule has 2 N–H and O–H groups in total. The number of ether oxygens (including phenoxy) is 2. The monoisotopic (exact) mass is 275 g/mol. The van der Waals surface area contributed by atoms with Gasteiger partial charge in [0.2, 0.25) is 0 Å². The number of aliphatic hydroxyl groups excluding tert-OH is 1. The van der Waals surface area contributed by atoms with Crippen molar-refractivity contribution in [1.82, 2.24) is 5.32 Å². The van der Waals surface area contributed by atoms with E-state index in [1.54, 1.807) is 32.2 Å².